The summed E-state index contributed by atoms with van der Waals surface area (Å²) in [6, 6.07) is 10.6. The van der Waals surface area contributed by atoms with E-state index in [9.17, 15) is 0 Å². The molecule has 0 bridgehead atoms. The van der Waals surface area contributed by atoms with Crippen LogP contribution in [0.4, 0.5) is 0 Å². The van der Waals surface area contributed by atoms with Gasteiger partial charge in [0.15, 0.2) is 0 Å². The van der Waals surface area contributed by atoms with Gasteiger partial charge in [-0.3, -0.25) is 0 Å². The van der Waals surface area contributed by atoms with Crippen LogP contribution in [0.3, 0.4) is 0 Å². The zero-order valence-corrected chi connectivity index (χ0v) is 14.2. The molecule has 1 aromatic carbocycles. The number of hydrogen-bond acceptors (Lipinski definition) is 2. The molecule has 0 spiro atoms. The third kappa shape index (κ3) is 2.81. The molecule has 0 atom stereocenters. The van der Waals surface area contributed by atoms with E-state index in [1.54, 1.807) is 0 Å². The van der Waals surface area contributed by atoms with Gasteiger partial charge in [0.2, 0.25) is 0 Å². The highest BCUT2D eigenvalue weighted by Gasteiger charge is 2.11. The van der Waals surface area contributed by atoms with Gasteiger partial charge in [0, 0.05) is 32.3 Å². The van der Waals surface area contributed by atoms with Gasteiger partial charge in [-0.15, -0.1) is 11.3 Å². The molecule has 1 nitrogen and oxygen atoms in total. The molecular formula is C22H19NS. The Labute approximate surface area is 146 Å². The first-order chi connectivity index (χ1) is 11.8. The predicted molar refractivity (Wildman–Crippen MR) is 106 cm³/mol. The van der Waals surface area contributed by atoms with E-state index in [0.29, 0.717) is 0 Å². The average molecular weight is 329 g/mol. The number of allylic oxidation sites excluding steroid dienone is 5. The maximum Gasteiger partial charge on any atom is 0.0372 e. The minimum Gasteiger partial charge on any atom is -0.401 e. The quantitative estimate of drug-likeness (QED) is 0.838. The van der Waals surface area contributed by atoms with Gasteiger partial charge in [-0.2, -0.15) is 0 Å². The number of nitrogens with two attached hydrogens (primary N) is 1. The molecule has 1 aromatic heterocycles. The highest BCUT2D eigenvalue weighted by atomic mass is 32.1. The van der Waals surface area contributed by atoms with Crippen LogP contribution in [0.15, 0.2) is 60.7 Å². The number of rotatable bonds is 1. The molecule has 2 aromatic rings. The van der Waals surface area contributed by atoms with Gasteiger partial charge in [-0.05, 0) is 35.8 Å². The Morgan fingerprint density at radius 3 is 2.62 bits per heavy atom. The van der Waals surface area contributed by atoms with Crippen molar-refractivity contribution >= 4 is 40.8 Å². The SMILES string of the molecule is NC1=c2c3c(sc2=CC=CC1)/C=C\C=C/C/C(c1ccccc1)=C\3. The Morgan fingerprint density at radius 2 is 1.75 bits per heavy atom. The molecule has 1 heterocycles. The van der Waals surface area contributed by atoms with Crippen molar-refractivity contribution in [2.24, 2.45) is 5.73 Å². The molecule has 0 aliphatic heterocycles. The lowest BCUT2D eigenvalue weighted by atomic mass is 9.99. The standard InChI is InChI=1S/C22H19NS/c23-19-12-7-8-14-21-22(19)18-15-17(16-9-3-1-4-10-16)11-5-2-6-13-20(18)24-21/h1-10,13-15H,11-12,23H2/b5-2-,13-6-,17-15+. The van der Waals surface area contributed by atoms with Crippen molar-refractivity contribution in [3.05, 3.63) is 86.5 Å². The number of fused-ring (bicyclic) bond motifs is 3. The summed E-state index contributed by atoms with van der Waals surface area (Å²) in [5.74, 6) is 0. The van der Waals surface area contributed by atoms with Crippen molar-refractivity contribution in [1.29, 1.82) is 0 Å². The normalized spacial score (nSPS) is 21.0. The summed E-state index contributed by atoms with van der Waals surface area (Å²) < 4.78 is 1.25. The van der Waals surface area contributed by atoms with Crippen LogP contribution in [0.25, 0.3) is 29.5 Å². The van der Waals surface area contributed by atoms with E-state index >= 15 is 0 Å². The molecule has 0 amide bonds. The van der Waals surface area contributed by atoms with E-state index in [1.807, 2.05) is 11.3 Å². The largest absolute Gasteiger partial charge is 0.401 e. The zero-order chi connectivity index (χ0) is 16.4. The molecule has 4 rings (SSSR count). The predicted octanol–water partition coefficient (Wildman–Crippen LogP) is 4.07. The zero-order valence-electron chi connectivity index (χ0n) is 13.4. The fraction of sp³-hybridized carbons (Fsp3) is 0.0909. The summed E-state index contributed by atoms with van der Waals surface area (Å²) in [5, 5.41) is 1.21. The summed E-state index contributed by atoms with van der Waals surface area (Å²) in [7, 11) is 0. The van der Waals surface area contributed by atoms with Crippen molar-refractivity contribution < 1.29 is 0 Å². The van der Waals surface area contributed by atoms with Gasteiger partial charge in [0.05, 0.1) is 0 Å². The van der Waals surface area contributed by atoms with Crippen molar-refractivity contribution in [3.8, 4) is 0 Å². The Bertz CT molecular complexity index is 998. The van der Waals surface area contributed by atoms with Gasteiger partial charge in [0.1, 0.15) is 0 Å². The van der Waals surface area contributed by atoms with Crippen LogP contribution >= 0.6 is 11.3 Å². The molecule has 2 N–H and O–H groups in total. The Morgan fingerprint density at radius 1 is 0.917 bits per heavy atom. The second kappa shape index (κ2) is 6.50. The maximum absolute atomic E-state index is 6.41. The summed E-state index contributed by atoms with van der Waals surface area (Å²) in [6.07, 6.45) is 19.1. The number of thiophene rings is 1. The lowest BCUT2D eigenvalue weighted by Gasteiger charge is -2.06. The van der Waals surface area contributed by atoms with Gasteiger partial charge in [-0.25, -0.2) is 0 Å². The van der Waals surface area contributed by atoms with Crippen molar-refractivity contribution in [2.45, 2.75) is 12.8 Å². The fourth-order valence-electron chi connectivity index (χ4n) is 3.15. The van der Waals surface area contributed by atoms with E-state index in [0.717, 1.165) is 18.5 Å². The highest BCUT2D eigenvalue weighted by molar-refractivity contribution is 7.11. The Kier molecular flexibility index (Phi) is 4.06. The van der Waals surface area contributed by atoms with Crippen molar-refractivity contribution in [1.82, 2.24) is 0 Å². The molecule has 0 saturated carbocycles. The van der Waals surface area contributed by atoms with Crippen molar-refractivity contribution in [2.75, 3.05) is 0 Å². The van der Waals surface area contributed by atoms with E-state index in [2.05, 4.69) is 78.9 Å². The summed E-state index contributed by atoms with van der Waals surface area (Å²) in [5.41, 5.74) is 11.2. The first kappa shape index (κ1) is 15.0. The van der Waals surface area contributed by atoms with Crippen LogP contribution in [-0.2, 0) is 0 Å². The minimum atomic E-state index is 0.809. The van der Waals surface area contributed by atoms with Crippen LogP contribution in [0.2, 0.25) is 0 Å². The van der Waals surface area contributed by atoms with Crippen LogP contribution < -0.4 is 15.5 Å². The lowest BCUT2D eigenvalue weighted by Crippen LogP contribution is -2.26. The molecule has 0 saturated heterocycles. The molecule has 24 heavy (non-hydrogen) atoms. The molecule has 2 heteroatoms. The second-order valence-corrected chi connectivity index (χ2v) is 7.05. The Balaban J connectivity index is 2.02. The van der Waals surface area contributed by atoms with Crippen LogP contribution in [-0.4, -0.2) is 0 Å². The highest BCUT2D eigenvalue weighted by Crippen LogP contribution is 2.25. The summed E-state index contributed by atoms with van der Waals surface area (Å²) >= 11 is 1.81. The van der Waals surface area contributed by atoms with Gasteiger partial charge < -0.3 is 5.73 Å². The van der Waals surface area contributed by atoms with E-state index < -0.39 is 0 Å². The first-order valence-electron chi connectivity index (χ1n) is 8.20. The van der Waals surface area contributed by atoms with Gasteiger partial charge in [0.25, 0.3) is 0 Å². The smallest absolute Gasteiger partial charge is 0.0372 e. The topological polar surface area (TPSA) is 26.0 Å². The summed E-state index contributed by atoms with van der Waals surface area (Å²) in [6.45, 7) is 0. The van der Waals surface area contributed by atoms with Crippen LogP contribution in [0, 0.1) is 0 Å². The van der Waals surface area contributed by atoms with E-state index in [4.69, 9.17) is 5.73 Å². The third-order valence-corrected chi connectivity index (χ3v) is 5.48. The van der Waals surface area contributed by atoms with Crippen LogP contribution in [0.5, 0.6) is 0 Å². The Hall–Kier alpha value is -2.58. The van der Waals surface area contributed by atoms with Crippen molar-refractivity contribution in [3.63, 3.8) is 0 Å². The molecule has 0 fully saturated rings. The second-order valence-electron chi connectivity index (χ2n) is 5.97. The molecular weight excluding hydrogens is 310 g/mol. The fourth-order valence-corrected chi connectivity index (χ4v) is 4.30. The minimum absolute atomic E-state index is 0.809. The first-order valence-corrected chi connectivity index (χ1v) is 9.02. The van der Waals surface area contributed by atoms with E-state index in [1.165, 1.54) is 31.3 Å². The monoisotopic (exact) mass is 329 g/mol. The average Bonchev–Trinajstić information content (AvgIpc) is 2.89. The van der Waals surface area contributed by atoms with Gasteiger partial charge >= 0.3 is 0 Å². The summed E-state index contributed by atoms with van der Waals surface area (Å²) in [4.78, 5) is 1.27. The third-order valence-electron chi connectivity index (χ3n) is 4.34. The molecule has 0 unspecified atom stereocenters. The molecule has 2 aliphatic rings. The lowest BCUT2D eigenvalue weighted by molar-refractivity contribution is 1.31. The maximum atomic E-state index is 6.41. The number of benzene rings is 1. The van der Waals surface area contributed by atoms with Gasteiger partial charge in [-0.1, -0.05) is 60.7 Å². The number of hydrogen-bond donors (Lipinski definition) is 1. The van der Waals surface area contributed by atoms with E-state index in [-0.39, 0.29) is 0 Å². The molecule has 2 aliphatic carbocycles. The molecule has 0 radical (unpaired) electrons. The van der Waals surface area contributed by atoms with Crippen LogP contribution in [0.1, 0.15) is 28.8 Å². The molecule has 118 valence electrons.